The lowest BCUT2D eigenvalue weighted by molar-refractivity contribution is -0.116. The maximum absolute atomic E-state index is 12.9. The number of carbonyl (C=O) groups excluding carboxylic acids is 1. The zero-order valence-electron chi connectivity index (χ0n) is 21.5. The number of anilines is 1. The summed E-state index contributed by atoms with van der Waals surface area (Å²) in [6, 6.07) is 21.3. The van der Waals surface area contributed by atoms with Gasteiger partial charge in [-0.25, -0.2) is 4.79 Å². The lowest BCUT2D eigenvalue weighted by atomic mass is 10.0. The Kier molecular flexibility index (Phi) is 7.42. The fraction of sp³-hybridized carbons (Fsp3) is 0.200. The fourth-order valence-electron chi connectivity index (χ4n) is 4.73. The van der Waals surface area contributed by atoms with E-state index in [9.17, 15) is 14.7 Å². The van der Waals surface area contributed by atoms with E-state index in [4.69, 9.17) is 16.6 Å². The predicted octanol–water partition coefficient (Wildman–Crippen LogP) is 5.66. The first-order valence-electron chi connectivity index (χ1n) is 12.6. The van der Waals surface area contributed by atoms with Crippen molar-refractivity contribution in [2.75, 3.05) is 11.9 Å². The van der Waals surface area contributed by atoms with Crippen LogP contribution in [0.5, 0.6) is 0 Å². The van der Waals surface area contributed by atoms with E-state index in [2.05, 4.69) is 15.6 Å². The summed E-state index contributed by atoms with van der Waals surface area (Å²) in [7, 11) is 0. The Labute approximate surface area is 231 Å². The van der Waals surface area contributed by atoms with Crippen LogP contribution in [0, 0.1) is 13.8 Å². The molecule has 39 heavy (non-hydrogen) atoms. The summed E-state index contributed by atoms with van der Waals surface area (Å²) in [6.07, 6.45) is 1.94. The summed E-state index contributed by atoms with van der Waals surface area (Å²) in [5, 5.41) is 16.3. The number of aryl methyl sites for hydroxylation is 2. The molecule has 0 spiro atoms. The Bertz CT molecular complexity index is 1530. The van der Waals surface area contributed by atoms with Crippen molar-refractivity contribution in [1.29, 1.82) is 0 Å². The van der Waals surface area contributed by atoms with Crippen molar-refractivity contribution in [3.05, 3.63) is 107 Å². The predicted molar refractivity (Wildman–Crippen MR) is 152 cm³/mol. The van der Waals surface area contributed by atoms with Crippen LogP contribution in [0.15, 0.2) is 83.4 Å². The van der Waals surface area contributed by atoms with Crippen molar-refractivity contribution in [2.45, 2.75) is 32.4 Å². The number of hydrogen-bond donors (Lipinski definition) is 3. The number of pyridine rings is 1. The molecule has 1 aliphatic heterocycles. The van der Waals surface area contributed by atoms with E-state index in [1.54, 1.807) is 24.4 Å². The molecule has 9 heteroatoms. The third-order valence-corrected chi connectivity index (χ3v) is 7.11. The van der Waals surface area contributed by atoms with Gasteiger partial charge < -0.3 is 25.1 Å². The summed E-state index contributed by atoms with van der Waals surface area (Å²) >= 11 is 5.71. The Morgan fingerprint density at radius 2 is 1.92 bits per heavy atom. The van der Waals surface area contributed by atoms with Crippen LogP contribution in [0.3, 0.4) is 0 Å². The third-order valence-electron chi connectivity index (χ3n) is 6.76. The van der Waals surface area contributed by atoms with E-state index in [-0.39, 0.29) is 30.0 Å². The van der Waals surface area contributed by atoms with Gasteiger partial charge in [0, 0.05) is 30.4 Å². The van der Waals surface area contributed by atoms with Crippen molar-refractivity contribution in [2.24, 2.45) is 0 Å². The molecule has 2 atom stereocenters. The van der Waals surface area contributed by atoms with Gasteiger partial charge in [0.25, 0.3) is 0 Å². The summed E-state index contributed by atoms with van der Waals surface area (Å²) in [5.74, 6) is 0.0497. The van der Waals surface area contributed by atoms with Gasteiger partial charge in [0.1, 0.15) is 17.6 Å². The topological polar surface area (TPSA) is 108 Å². The van der Waals surface area contributed by atoms with Crippen LogP contribution in [0.4, 0.5) is 5.69 Å². The minimum atomic E-state index is -1.01. The SMILES string of the molecule is Cc1ccc(C)c(NC(=O)CCN2C(=S)N[C@H](c3ccccn3)[C@@H]2c2ccc(-c3cccc(C(=O)O)c3)o2)c1. The third kappa shape index (κ3) is 5.68. The molecule has 1 amide bonds. The number of benzene rings is 2. The molecule has 0 radical (unpaired) electrons. The highest BCUT2D eigenvalue weighted by Crippen LogP contribution is 2.40. The van der Waals surface area contributed by atoms with Crippen LogP contribution in [-0.2, 0) is 4.79 Å². The normalized spacial score (nSPS) is 16.7. The molecule has 198 valence electrons. The Hall–Kier alpha value is -4.50. The van der Waals surface area contributed by atoms with Crippen LogP contribution in [-0.4, -0.2) is 38.5 Å². The van der Waals surface area contributed by atoms with E-state index >= 15 is 0 Å². The maximum Gasteiger partial charge on any atom is 0.335 e. The molecule has 1 aliphatic rings. The number of furan rings is 1. The van der Waals surface area contributed by atoms with Gasteiger partial charge in [-0.15, -0.1) is 0 Å². The summed E-state index contributed by atoms with van der Waals surface area (Å²) < 4.78 is 6.29. The molecule has 0 aliphatic carbocycles. The van der Waals surface area contributed by atoms with Crippen molar-refractivity contribution in [3.8, 4) is 11.3 Å². The average Bonchev–Trinajstić information content (AvgIpc) is 3.54. The molecule has 1 saturated heterocycles. The Morgan fingerprint density at radius 1 is 1.08 bits per heavy atom. The number of hydrogen-bond acceptors (Lipinski definition) is 5. The lowest BCUT2D eigenvalue weighted by Gasteiger charge is -2.26. The van der Waals surface area contributed by atoms with Crippen molar-refractivity contribution in [1.82, 2.24) is 15.2 Å². The molecule has 0 unspecified atom stereocenters. The second kappa shape index (κ2) is 11.1. The molecule has 3 N–H and O–H groups in total. The highest BCUT2D eigenvalue weighted by atomic mass is 32.1. The van der Waals surface area contributed by atoms with E-state index in [1.165, 1.54) is 6.07 Å². The number of carboxylic acids is 1. The number of nitrogens with one attached hydrogen (secondary N) is 2. The number of aromatic nitrogens is 1. The summed E-state index contributed by atoms with van der Waals surface area (Å²) in [6.45, 7) is 4.31. The number of carbonyl (C=O) groups is 2. The zero-order chi connectivity index (χ0) is 27.5. The monoisotopic (exact) mass is 540 g/mol. The highest BCUT2D eigenvalue weighted by Gasteiger charge is 2.41. The van der Waals surface area contributed by atoms with Crippen molar-refractivity contribution < 1.29 is 19.1 Å². The number of nitrogens with zero attached hydrogens (tertiary/aromatic N) is 2. The molecule has 1 fully saturated rings. The number of amides is 1. The fourth-order valence-corrected chi connectivity index (χ4v) is 5.06. The number of thiocarbonyl (C=S) groups is 1. The first-order valence-corrected chi connectivity index (χ1v) is 13.0. The van der Waals surface area contributed by atoms with Crippen LogP contribution < -0.4 is 10.6 Å². The molecule has 0 saturated carbocycles. The second-order valence-corrected chi connectivity index (χ2v) is 9.91. The number of rotatable bonds is 8. The summed E-state index contributed by atoms with van der Waals surface area (Å²) in [5.41, 5.74) is 4.49. The minimum absolute atomic E-state index is 0.114. The zero-order valence-corrected chi connectivity index (χ0v) is 22.4. The smallest absolute Gasteiger partial charge is 0.335 e. The highest BCUT2D eigenvalue weighted by molar-refractivity contribution is 7.80. The lowest BCUT2D eigenvalue weighted by Crippen LogP contribution is -2.32. The van der Waals surface area contributed by atoms with Gasteiger partial charge in [-0.1, -0.05) is 30.3 Å². The minimum Gasteiger partial charge on any atom is -0.478 e. The number of carboxylic acid groups (broad SMARTS) is 1. The van der Waals surface area contributed by atoms with Gasteiger partial charge >= 0.3 is 5.97 Å². The standard InChI is InChI=1S/C30H28N4O4S/c1-18-9-10-19(2)23(16-18)32-26(35)13-15-34-28(27(33-30(34)39)22-8-3-4-14-31-22)25-12-11-24(38-25)20-6-5-7-21(17-20)29(36)37/h3-12,14,16-17,27-28H,13,15H2,1-2H3,(H,32,35)(H,33,39)(H,36,37)/t27-,28+/m1/s1. The van der Waals surface area contributed by atoms with Crippen LogP contribution in [0.2, 0.25) is 0 Å². The van der Waals surface area contributed by atoms with Gasteiger partial charge in [0.15, 0.2) is 5.11 Å². The first kappa shape index (κ1) is 26.1. The van der Waals surface area contributed by atoms with Gasteiger partial charge in [-0.2, -0.15) is 0 Å². The van der Waals surface area contributed by atoms with Gasteiger partial charge in [0.2, 0.25) is 5.91 Å². The van der Waals surface area contributed by atoms with Gasteiger partial charge in [0.05, 0.1) is 17.3 Å². The van der Waals surface area contributed by atoms with Crippen molar-refractivity contribution >= 4 is 34.9 Å². The first-order chi connectivity index (χ1) is 18.8. The average molecular weight is 541 g/mol. The van der Waals surface area contributed by atoms with Crippen LogP contribution in [0.1, 0.15) is 51.4 Å². The van der Waals surface area contributed by atoms with Gasteiger partial charge in [-0.05, 0) is 79.7 Å². The molecule has 2 aromatic carbocycles. The van der Waals surface area contributed by atoms with Crippen LogP contribution >= 0.6 is 12.2 Å². The molecular formula is C30H28N4O4S. The quantitative estimate of drug-likeness (QED) is 0.246. The molecule has 3 heterocycles. The Morgan fingerprint density at radius 3 is 2.69 bits per heavy atom. The number of aromatic carboxylic acids is 1. The largest absolute Gasteiger partial charge is 0.478 e. The molecule has 8 nitrogen and oxygen atoms in total. The maximum atomic E-state index is 12.9. The summed E-state index contributed by atoms with van der Waals surface area (Å²) in [4.78, 5) is 30.9. The van der Waals surface area contributed by atoms with Crippen LogP contribution in [0.25, 0.3) is 11.3 Å². The molecule has 4 aromatic rings. The van der Waals surface area contributed by atoms with E-state index < -0.39 is 5.97 Å². The second-order valence-electron chi connectivity index (χ2n) is 9.52. The molecule has 5 rings (SSSR count). The van der Waals surface area contributed by atoms with Crippen molar-refractivity contribution in [3.63, 3.8) is 0 Å². The van der Waals surface area contributed by atoms with E-state index in [0.29, 0.717) is 28.7 Å². The Balaban J connectivity index is 1.41. The van der Waals surface area contributed by atoms with Gasteiger partial charge in [-0.3, -0.25) is 9.78 Å². The molecule has 2 aromatic heterocycles. The van der Waals surface area contributed by atoms with E-state index in [0.717, 1.165) is 22.5 Å². The molecular weight excluding hydrogens is 512 g/mol. The molecule has 0 bridgehead atoms. The van der Waals surface area contributed by atoms with E-state index in [1.807, 2.05) is 67.3 Å².